The summed E-state index contributed by atoms with van der Waals surface area (Å²) in [5.41, 5.74) is 2.71. The van der Waals surface area contributed by atoms with Crippen molar-refractivity contribution in [2.45, 2.75) is 92.1 Å². The van der Waals surface area contributed by atoms with Crippen LogP contribution in [0.3, 0.4) is 0 Å². The van der Waals surface area contributed by atoms with Crippen LogP contribution in [0.25, 0.3) is 11.0 Å². The van der Waals surface area contributed by atoms with Gasteiger partial charge < -0.3 is 19.0 Å². The van der Waals surface area contributed by atoms with Gasteiger partial charge in [-0.25, -0.2) is 4.79 Å². The lowest BCUT2D eigenvalue weighted by Crippen LogP contribution is -2.18. The Morgan fingerprint density at radius 3 is 2.51 bits per heavy atom. The molecule has 6 heteroatoms. The molecule has 0 aliphatic carbocycles. The Labute approximate surface area is 210 Å². The minimum absolute atomic E-state index is 0.106. The van der Waals surface area contributed by atoms with Crippen molar-refractivity contribution in [2.24, 2.45) is 5.92 Å². The predicted octanol–water partition coefficient (Wildman–Crippen LogP) is 6.70. The smallest absolute Gasteiger partial charge is 0.334 e. The van der Waals surface area contributed by atoms with Gasteiger partial charge in [0.15, 0.2) is 0 Å². The van der Waals surface area contributed by atoms with Gasteiger partial charge >= 0.3 is 11.9 Å². The number of furan rings is 1. The summed E-state index contributed by atoms with van der Waals surface area (Å²) < 4.78 is 16.5. The van der Waals surface area contributed by atoms with Gasteiger partial charge in [0.2, 0.25) is 0 Å². The van der Waals surface area contributed by atoms with Gasteiger partial charge in [-0.1, -0.05) is 71.1 Å². The maximum atomic E-state index is 12.1. The van der Waals surface area contributed by atoms with E-state index in [4.69, 9.17) is 19.0 Å². The number of fused-ring (bicyclic) bond motifs is 1. The number of carbonyl (C=O) groups excluding carboxylic acids is 2. The van der Waals surface area contributed by atoms with Gasteiger partial charge in [-0.3, -0.25) is 4.79 Å². The summed E-state index contributed by atoms with van der Waals surface area (Å²) in [4.78, 5) is 24.3. The van der Waals surface area contributed by atoms with Crippen LogP contribution in [0.1, 0.15) is 84.0 Å². The molecule has 0 radical (unpaired) electrons. The van der Waals surface area contributed by atoms with Gasteiger partial charge in [0.05, 0.1) is 6.42 Å². The third-order valence-corrected chi connectivity index (χ3v) is 5.80. The quantitative estimate of drug-likeness (QED) is 0.280. The Morgan fingerprint density at radius 2 is 1.86 bits per heavy atom. The van der Waals surface area contributed by atoms with Gasteiger partial charge in [0.25, 0.3) is 0 Å². The average molecular weight is 489 g/mol. The van der Waals surface area contributed by atoms with Crippen LogP contribution in [-0.4, -0.2) is 36.9 Å². The molecule has 0 saturated carbocycles. The highest BCUT2D eigenvalue weighted by molar-refractivity contribution is 5.90. The number of aryl methyl sites for hydroxylation is 2. The normalized spacial score (nSPS) is 15.9. The molecule has 6 nitrogen and oxygen atoms in total. The molecular formula is C29H44O6. The Balaban J connectivity index is 0.00000145. The molecule has 1 fully saturated rings. The maximum Gasteiger partial charge on any atom is 0.334 e. The number of benzene rings is 1. The third-order valence-electron chi connectivity index (χ3n) is 5.80. The van der Waals surface area contributed by atoms with Crippen molar-refractivity contribution >= 4 is 22.9 Å². The van der Waals surface area contributed by atoms with Crippen LogP contribution in [0.2, 0.25) is 0 Å². The second-order valence-corrected chi connectivity index (χ2v) is 8.58. The molecule has 3 rings (SSSR count). The fourth-order valence-electron chi connectivity index (χ4n) is 4.19. The fourth-order valence-corrected chi connectivity index (χ4v) is 4.19. The number of cyclic esters (lactones) is 1. The molecular weight excluding hydrogens is 444 g/mol. The zero-order valence-corrected chi connectivity index (χ0v) is 22.4. The van der Waals surface area contributed by atoms with E-state index in [2.05, 4.69) is 19.9 Å². The fraction of sp³-hybridized carbons (Fsp3) is 0.586. The van der Waals surface area contributed by atoms with E-state index in [-0.39, 0.29) is 31.1 Å². The van der Waals surface area contributed by atoms with Crippen LogP contribution in [0.4, 0.5) is 0 Å². The number of ether oxygens (including phenoxy) is 2. The zero-order valence-electron chi connectivity index (χ0n) is 22.4. The van der Waals surface area contributed by atoms with E-state index in [0.717, 1.165) is 48.7 Å². The molecule has 1 unspecified atom stereocenters. The molecule has 2 aromatic rings. The minimum atomic E-state index is -0.382. The topological polar surface area (TPSA) is 86.0 Å². The van der Waals surface area contributed by atoms with Gasteiger partial charge in [0, 0.05) is 30.9 Å². The van der Waals surface area contributed by atoms with E-state index in [0.29, 0.717) is 18.8 Å². The van der Waals surface area contributed by atoms with Crippen molar-refractivity contribution in [1.29, 1.82) is 0 Å². The largest absolute Gasteiger partial charge is 0.462 e. The highest BCUT2D eigenvalue weighted by atomic mass is 16.6. The molecule has 0 bridgehead atoms. The van der Waals surface area contributed by atoms with Gasteiger partial charge in [-0.15, -0.1) is 0 Å². The summed E-state index contributed by atoms with van der Waals surface area (Å²) in [7, 11) is 1.00. The third kappa shape index (κ3) is 10.3. The SMILES string of the molecule is CC.CCCC(C/C=C1\CC(COC(=O)CCc2cc3cc(C)ccc3o2)OC1=O)CCC.CO. The predicted molar refractivity (Wildman–Crippen MR) is 140 cm³/mol. The van der Waals surface area contributed by atoms with Crippen LogP contribution in [0.15, 0.2) is 40.3 Å². The minimum Gasteiger partial charge on any atom is -0.462 e. The van der Waals surface area contributed by atoms with Crippen LogP contribution < -0.4 is 0 Å². The number of aliphatic hydroxyl groups excluding tert-OH is 1. The average Bonchev–Trinajstić information content (AvgIpc) is 3.44. The summed E-state index contributed by atoms with van der Waals surface area (Å²) in [5.74, 6) is 0.805. The first-order valence-corrected chi connectivity index (χ1v) is 13.0. The first-order valence-electron chi connectivity index (χ1n) is 13.0. The van der Waals surface area contributed by atoms with E-state index in [1.165, 1.54) is 18.4 Å². The first kappa shape index (κ1) is 30.4. The Kier molecular flexibility index (Phi) is 14.7. The summed E-state index contributed by atoms with van der Waals surface area (Å²) in [5, 5.41) is 8.04. The molecule has 1 aromatic heterocycles. The lowest BCUT2D eigenvalue weighted by atomic mass is 9.93. The highest BCUT2D eigenvalue weighted by Crippen LogP contribution is 2.25. The molecule has 1 aliphatic rings. The molecule has 0 amide bonds. The summed E-state index contributed by atoms with van der Waals surface area (Å²) in [6.45, 7) is 10.5. The van der Waals surface area contributed by atoms with Crippen molar-refractivity contribution < 1.29 is 28.6 Å². The molecule has 1 atom stereocenters. The lowest BCUT2D eigenvalue weighted by Gasteiger charge is -2.12. The zero-order chi connectivity index (χ0) is 26.2. The maximum absolute atomic E-state index is 12.1. The summed E-state index contributed by atoms with van der Waals surface area (Å²) in [6, 6.07) is 7.98. The second kappa shape index (κ2) is 16.9. The van der Waals surface area contributed by atoms with Crippen LogP contribution in [0.5, 0.6) is 0 Å². The Hall–Kier alpha value is -2.60. The molecule has 1 aromatic carbocycles. The summed E-state index contributed by atoms with van der Waals surface area (Å²) >= 11 is 0. The number of hydrogen-bond acceptors (Lipinski definition) is 6. The molecule has 1 N–H and O–H groups in total. The molecule has 1 aliphatic heterocycles. The van der Waals surface area contributed by atoms with E-state index >= 15 is 0 Å². The number of rotatable bonds is 11. The van der Waals surface area contributed by atoms with Crippen LogP contribution in [0, 0.1) is 12.8 Å². The van der Waals surface area contributed by atoms with E-state index < -0.39 is 0 Å². The number of allylic oxidation sites excluding steroid dienone is 1. The molecule has 0 spiro atoms. The Morgan fingerprint density at radius 1 is 1.17 bits per heavy atom. The van der Waals surface area contributed by atoms with E-state index in [1.807, 2.05) is 45.0 Å². The van der Waals surface area contributed by atoms with Crippen LogP contribution >= 0.6 is 0 Å². The standard InChI is InChI=1S/C26H34O5.C2H6.CH4O/c1-4-6-19(7-5-2)9-10-20-15-23(31-26(20)28)17-29-25(27)13-11-22-16-21-14-18(3)8-12-24(21)30-22;2*1-2/h8,10,12,14,16,19,23H,4-7,9,11,13,15,17H2,1-3H3;1-2H3;2H,1H3/b20-10+;;. The van der Waals surface area contributed by atoms with Crippen molar-refractivity contribution in [2.75, 3.05) is 13.7 Å². The molecule has 35 heavy (non-hydrogen) atoms. The van der Waals surface area contributed by atoms with Gasteiger partial charge in [0.1, 0.15) is 24.1 Å². The Bertz CT molecular complexity index is 920. The van der Waals surface area contributed by atoms with Crippen molar-refractivity contribution in [3.05, 3.63) is 47.2 Å². The number of aliphatic hydroxyl groups is 1. The second-order valence-electron chi connectivity index (χ2n) is 8.58. The molecule has 196 valence electrons. The monoisotopic (exact) mass is 488 g/mol. The van der Waals surface area contributed by atoms with Gasteiger partial charge in [-0.05, 0) is 37.5 Å². The number of carbonyl (C=O) groups is 2. The van der Waals surface area contributed by atoms with Crippen molar-refractivity contribution in [3.63, 3.8) is 0 Å². The number of esters is 2. The number of hydrogen-bond donors (Lipinski definition) is 1. The van der Waals surface area contributed by atoms with E-state index in [1.54, 1.807) is 0 Å². The molecule has 2 heterocycles. The highest BCUT2D eigenvalue weighted by Gasteiger charge is 2.29. The molecule has 1 saturated heterocycles. The summed E-state index contributed by atoms with van der Waals surface area (Å²) in [6.07, 6.45) is 8.47. The van der Waals surface area contributed by atoms with Crippen LogP contribution in [-0.2, 0) is 25.5 Å². The lowest BCUT2D eigenvalue weighted by molar-refractivity contribution is -0.152. The van der Waals surface area contributed by atoms with E-state index in [9.17, 15) is 9.59 Å². The van der Waals surface area contributed by atoms with Crippen molar-refractivity contribution in [1.82, 2.24) is 0 Å². The first-order chi connectivity index (χ1) is 17.0. The van der Waals surface area contributed by atoms with Crippen molar-refractivity contribution in [3.8, 4) is 0 Å². The van der Waals surface area contributed by atoms with Gasteiger partial charge in [-0.2, -0.15) is 0 Å².